The van der Waals surface area contributed by atoms with E-state index in [2.05, 4.69) is 10.6 Å². The van der Waals surface area contributed by atoms with Crippen LogP contribution in [-0.2, 0) is 20.9 Å². The second kappa shape index (κ2) is 8.69. The number of carbonyl (C=O) groups is 3. The van der Waals surface area contributed by atoms with E-state index in [1.165, 1.54) is 11.8 Å². The molecule has 29 heavy (non-hydrogen) atoms. The van der Waals surface area contributed by atoms with Crippen LogP contribution in [0.2, 0.25) is 0 Å². The Bertz CT molecular complexity index is 919. The summed E-state index contributed by atoms with van der Waals surface area (Å²) in [5.74, 6) is -0.810. The van der Waals surface area contributed by atoms with Gasteiger partial charge in [0.1, 0.15) is 0 Å². The van der Waals surface area contributed by atoms with Gasteiger partial charge in [-0.2, -0.15) is 0 Å². The number of nitrogens with one attached hydrogen (secondary N) is 2. The molecular weight excluding hydrogens is 386 g/mol. The van der Waals surface area contributed by atoms with E-state index in [0.717, 1.165) is 29.0 Å². The molecule has 2 N–H and O–H groups in total. The molecule has 0 radical (unpaired) electrons. The molecule has 0 aromatic heterocycles. The molecule has 2 aromatic rings. The van der Waals surface area contributed by atoms with Gasteiger partial charge in [0.15, 0.2) is 5.25 Å². The number of hydrogen-bond donors (Lipinski definition) is 2. The number of nitrogens with zero attached hydrogens (tertiary/aromatic N) is 1. The molecule has 0 aliphatic carbocycles. The predicted molar refractivity (Wildman–Crippen MR) is 112 cm³/mol. The van der Waals surface area contributed by atoms with E-state index >= 15 is 0 Å². The lowest BCUT2D eigenvalue weighted by atomic mass is 9.96. The van der Waals surface area contributed by atoms with Crippen LogP contribution in [0.5, 0.6) is 0 Å². The molecule has 0 bridgehead atoms. The molecule has 2 atom stereocenters. The second-order valence-corrected chi connectivity index (χ2v) is 8.46. The summed E-state index contributed by atoms with van der Waals surface area (Å²) in [6.07, 6.45) is 1.50. The van der Waals surface area contributed by atoms with Gasteiger partial charge in [-0.15, -0.1) is 11.8 Å². The fourth-order valence-corrected chi connectivity index (χ4v) is 4.77. The van der Waals surface area contributed by atoms with E-state index < -0.39 is 5.25 Å². The van der Waals surface area contributed by atoms with Crippen LogP contribution >= 0.6 is 11.8 Å². The van der Waals surface area contributed by atoms with Crippen molar-refractivity contribution in [3.63, 3.8) is 0 Å². The Hall–Kier alpha value is -2.80. The number of piperidine rings is 1. The smallest absolute Gasteiger partial charge is 0.247 e. The minimum atomic E-state index is -0.809. The van der Waals surface area contributed by atoms with Crippen molar-refractivity contribution in [3.05, 3.63) is 60.2 Å². The molecule has 3 amide bonds. The third-order valence-corrected chi connectivity index (χ3v) is 6.53. The first kappa shape index (κ1) is 19.5. The highest BCUT2D eigenvalue weighted by atomic mass is 32.2. The molecule has 0 unspecified atom stereocenters. The molecule has 2 aromatic carbocycles. The first-order chi connectivity index (χ1) is 14.1. The van der Waals surface area contributed by atoms with Crippen molar-refractivity contribution >= 4 is 35.2 Å². The molecule has 7 heteroatoms. The number of anilines is 1. The molecule has 1 fully saturated rings. The summed E-state index contributed by atoms with van der Waals surface area (Å²) >= 11 is 1.28. The first-order valence-electron chi connectivity index (χ1n) is 9.79. The summed E-state index contributed by atoms with van der Waals surface area (Å²) in [6, 6.07) is 17.2. The SMILES string of the molecule is O=C(NCc1ccccc1)[C@H]1CCCN(C(=O)[C@@H]2Sc3ccccc3NC2=O)C1. The predicted octanol–water partition coefficient (Wildman–Crippen LogP) is 2.65. The van der Waals surface area contributed by atoms with Crippen LogP contribution in [0.1, 0.15) is 18.4 Å². The number of likely N-dealkylation sites (tertiary alicyclic amines) is 1. The fraction of sp³-hybridized carbons (Fsp3) is 0.318. The largest absolute Gasteiger partial charge is 0.352 e. The van der Waals surface area contributed by atoms with Crippen molar-refractivity contribution < 1.29 is 14.4 Å². The van der Waals surface area contributed by atoms with Gasteiger partial charge in [-0.1, -0.05) is 42.5 Å². The van der Waals surface area contributed by atoms with Gasteiger partial charge in [-0.3, -0.25) is 14.4 Å². The maximum absolute atomic E-state index is 13.0. The number of amides is 3. The van der Waals surface area contributed by atoms with E-state index in [9.17, 15) is 14.4 Å². The lowest BCUT2D eigenvalue weighted by Gasteiger charge is -2.35. The molecule has 1 saturated heterocycles. The Labute approximate surface area is 174 Å². The topological polar surface area (TPSA) is 78.5 Å². The van der Waals surface area contributed by atoms with E-state index in [-0.39, 0.29) is 23.6 Å². The monoisotopic (exact) mass is 409 g/mol. The average Bonchev–Trinajstić information content (AvgIpc) is 2.77. The zero-order valence-electron chi connectivity index (χ0n) is 16.0. The number of rotatable bonds is 4. The van der Waals surface area contributed by atoms with Gasteiger partial charge in [0.2, 0.25) is 17.7 Å². The van der Waals surface area contributed by atoms with Crippen molar-refractivity contribution in [1.29, 1.82) is 0 Å². The van der Waals surface area contributed by atoms with Gasteiger partial charge >= 0.3 is 0 Å². The molecular formula is C22H23N3O3S. The van der Waals surface area contributed by atoms with Gasteiger partial charge in [-0.05, 0) is 30.5 Å². The van der Waals surface area contributed by atoms with Crippen LogP contribution in [0.4, 0.5) is 5.69 Å². The first-order valence-corrected chi connectivity index (χ1v) is 10.7. The summed E-state index contributed by atoms with van der Waals surface area (Å²) < 4.78 is 0. The van der Waals surface area contributed by atoms with Crippen LogP contribution in [0.15, 0.2) is 59.5 Å². The normalized spacial score (nSPS) is 21.1. The zero-order chi connectivity index (χ0) is 20.2. The van der Waals surface area contributed by atoms with Crippen LogP contribution in [-0.4, -0.2) is 41.0 Å². The van der Waals surface area contributed by atoms with Gasteiger partial charge in [0.05, 0.1) is 11.6 Å². The number of para-hydroxylation sites is 1. The molecule has 0 spiro atoms. The van der Waals surface area contributed by atoms with Crippen molar-refractivity contribution in [3.8, 4) is 0 Å². The van der Waals surface area contributed by atoms with Gasteiger partial charge < -0.3 is 15.5 Å². The maximum Gasteiger partial charge on any atom is 0.247 e. The summed E-state index contributed by atoms with van der Waals surface area (Å²) in [5, 5.41) is 4.97. The summed E-state index contributed by atoms with van der Waals surface area (Å²) in [5.41, 5.74) is 1.78. The molecule has 150 valence electrons. The Kier molecular flexibility index (Phi) is 5.85. The minimum Gasteiger partial charge on any atom is -0.352 e. The maximum atomic E-state index is 13.0. The van der Waals surface area contributed by atoms with Gasteiger partial charge in [0.25, 0.3) is 0 Å². The van der Waals surface area contributed by atoms with Crippen LogP contribution < -0.4 is 10.6 Å². The third kappa shape index (κ3) is 4.45. The lowest BCUT2D eigenvalue weighted by Crippen LogP contribution is -2.50. The zero-order valence-corrected chi connectivity index (χ0v) is 16.8. The molecule has 2 aliphatic rings. The van der Waals surface area contributed by atoms with Crippen molar-refractivity contribution in [1.82, 2.24) is 10.2 Å². The highest BCUT2D eigenvalue weighted by Crippen LogP contribution is 2.36. The van der Waals surface area contributed by atoms with E-state index in [1.807, 2.05) is 54.6 Å². The molecule has 4 rings (SSSR count). The highest BCUT2D eigenvalue weighted by molar-refractivity contribution is 8.01. The second-order valence-electron chi connectivity index (χ2n) is 7.31. The Morgan fingerprint density at radius 1 is 1.10 bits per heavy atom. The lowest BCUT2D eigenvalue weighted by molar-refractivity contribution is -0.137. The molecule has 2 heterocycles. The number of fused-ring (bicyclic) bond motifs is 1. The quantitative estimate of drug-likeness (QED) is 0.761. The van der Waals surface area contributed by atoms with Gasteiger partial charge in [-0.25, -0.2) is 0 Å². The Balaban J connectivity index is 1.37. The average molecular weight is 410 g/mol. The molecule has 6 nitrogen and oxygen atoms in total. The van der Waals surface area contributed by atoms with Crippen LogP contribution in [0, 0.1) is 5.92 Å². The number of thioether (sulfide) groups is 1. The van der Waals surface area contributed by atoms with Crippen LogP contribution in [0.25, 0.3) is 0 Å². The van der Waals surface area contributed by atoms with Crippen molar-refractivity contribution in [2.24, 2.45) is 5.92 Å². The van der Waals surface area contributed by atoms with E-state index in [4.69, 9.17) is 0 Å². The third-order valence-electron chi connectivity index (χ3n) is 5.27. The summed E-state index contributed by atoms with van der Waals surface area (Å²) in [4.78, 5) is 40.7. The highest BCUT2D eigenvalue weighted by Gasteiger charge is 2.38. The number of benzene rings is 2. The van der Waals surface area contributed by atoms with Crippen molar-refractivity contribution in [2.75, 3.05) is 18.4 Å². The van der Waals surface area contributed by atoms with Crippen molar-refractivity contribution in [2.45, 2.75) is 29.5 Å². The van der Waals surface area contributed by atoms with E-state index in [1.54, 1.807) is 4.90 Å². The molecule has 2 aliphatic heterocycles. The number of hydrogen-bond acceptors (Lipinski definition) is 4. The fourth-order valence-electron chi connectivity index (χ4n) is 3.70. The van der Waals surface area contributed by atoms with Gasteiger partial charge in [0, 0.05) is 24.5 Å². The Morgan fingerprint density at radius 3 is 2.69 bits per heavy atom. The molecule has 0 saturated carbocycles. The summed E-state index contributed by atoms with van der Waals surface area (Å²) in [6.45, 7) is 1.40. The minimum absolute atomic E-state index is 0.0440. The standard InChI is InChI=1S/C22H23N3O3S/c26-20(23-13-15-7-2-1-3-8-15)16-9-6-12-25(14-16)22(28)19-21(27)24-17-10-4-5-11-18(17)29-19/h1-5,7-8,10-11,16,19H,6,9,12-14H2,(H,23,26)(H,24,27)/t16-,19+/m0/s1. The Morgan fingerprint density at radius 2 is 1.86 bits per heavy atom. The van der Waals surface area contributed by atoms with Crippen LogP contribution in [0.3, 0.4) is 0 Å². The van der Waals surface area contributed by atoms with E-state index in [0.29, 0.717) is 19.6 Å². The number of carbonyl (C=O) groups excluding carboxylic acids is 3. The summed E-state index contributed by atoms with van der Waals surface area (Å²) in [7, 11) is 0.